The van der Waals surface area contributed by atoms with E-state index >= 15 is 0 Å². The monoisotopic (exact) mass is 262 g/mol. The van der Waals surface area contributed by atoms with Crippen molar-refractivity contribution in [3.63, 3.8) is 0 Å². The molecule has 0 spiro atoms. The van der Waals surface area contributed by atoms with Gasteiger partial charge in [0, 0.05) is 50.2 Å². The molecular weight excluding hydrogens is 236 g/mol. The van der Waals surface area contributed by atoms with Crippen molar-refractivity contribution < 1.29 is 0 Å². The van der Waals surface area contributed by atoms with E-state index in [9.17, 15) is 0 Å². The lowest BCUT2D eigenvalue weighted by Crippen LogP contribution is -2.54. The van der Waals surface area contributed by atoms with Gasteiger partial charge in [-0.1, -0.05) is 6.07 Å². The topological polar surface area (TPSA) is 40.2 Å². The van der Waals surface area contributed by atoms with Gasteiger partial charge in [-0.25, -0.2) is 0 Å². The Morgan fingerprint density at radius 2 is 2.16 bits per heavy atom. The number of nitrogens with zero attached hydrogens (tertiary/aromatic N) is 2. The molecule has 106 valence electrons. The highest BCUT2D eigenvalue weighted by atomic mass is 15.2. The van der Waals surface area contributed by atoms with Crippen LogP contribution in [0.4, 0.5) is 0 Å². The molecule has 2 rings (SSSR count). The molecule has 0 aliphatic carbocycles. The van der Waals surface area contributed by atoms with Crippen molar-refractivity contribution in [1.82, 2.24) is 20.5 Å². The van der Waals surface area contributed by atoms with Gasteiger partial charge in [0.1, 0.15) is 0 Å². The summed E-state index contributed by atoms with van der Waals surface area (Å²) in [5.74, 6) is 0. The Labute approximate surface area is 116 Å². The molecule has 1 atom stereocenters. The number of aromatic nitrogens is 1. The molecular formula is C15H26N4. The largest absolute Gasteiger partial charge is 0.314 e. The van der Waals surface area contributed by atoms with Crippen LogP contribution in [0.3, 0.4) is 0 Å². The highest BCUT2D eigenvalue weighted by molar-refractivity contribution is 5.14. The van der Waals surface area contributed by atoms with Crippen molar-refractivity contribution in [2.24, 2.45) is 0 Å². The fourth-order valence-corrected chi connectivity index (χ4v) is 2.87. The summed E-state index contributed by atoms with van der Waals surface area (Å²) in [5.41, 5.74) is 1.47. The maximum absolute atomic E-state index is 4.23. The van der Waals surface area contributed by atoms with E-state index in [0.717, 1.165) is 32.6 Å². The van der Waals surface area contributed by atoms with Crippen molar-refractivity contribution in [3.05, 3.63) is 30.1 Å². The molecule has 1 aromatic heterocycles. The molecule has 1 aliphatic heterocycles. The highest BCUT2D eigenvalue weighted by Crippen LogP contribution is 2.28. The van der Waals surface area contributed by atoms with Crippen molar-refractivity contribution in [3.8, 4) is 0 Å². The summed E-state index contributed by atoms with van der Waals surface area (Å²) in [4.78, 5) is 6.82. The third kappa shape index (κ3) is 3.75. The Bertz CT molecular complexity index is 371. The van der Waals surface area contributed by atoms with E-state index in [0.29, 0.717) is 6.04 Å². The van der Waals surface area contributed by atoms with Gasteiger partial charge in [-0.2, -0.15) is 0 Å². The van der Waals surface area contributed by atoms with Gasteiger partial charge >= 0.3 is 0 Å². The van der Waals surface area contributed by atoms with E-state index in [4.69, 9.17) is 0 Å². The molecule has 1 unspecified atom stereocenters. The minimum absolute atomic E-state index is 0.200. The van der Waals surface area contributed by atoms with E-state index in [1.165, 1.54) is 5.56 Å². The third-order valence-corrected chi connectivity index (χ3v) is 4.11. The van der Waals surface area contributed by atoms with Gasteiger partial charge < -0.3 is 10.6 Å². The zero-order valence-electron chi connectivity index (χ0n) is 12.3. The lowest BCUT2D eigenvalue weighted by atomic mass is 9.89. The summed E-state index contributed by atoms with van der Waals surface area (Å²) in [6.07, 6.45) is 4.89. The first-order chi connectivity index (χ1) is 9.13. The first kappa shape index (κ1) is 14.4. The Morgan fingerprint density at radius 1 is 1.42 bits per heavy atom. The average molecular weight is 262 g/mol. The quantitative estimate of drug-likeness (QED) is 0.842. The molecule has 0 bridgehead atoms. The van der Waals surface area contributed by atoms with Crippen LogP contribution in [0.5, 0.6) is 0 Å². The summed E-state index contributed by atoms with van der Waals surface area (Å²) in [6.45, 7) is 9.16. The fourth-order valence-electron chi connectivity index (χ4n) is 2.87. The van der Waals surface area contributed by atoms with Crippen LogP contribution >= 0.6 is 0 Å². The van der Waals surface area contributed by atoms with Crippen molar-refractivity contribution in [2.45, 2.75) is 31.8 Å². The molecule has 0 amide bonds. The smallest absolute Gasteiger partial charge is 0.0350 e. The van der Waals surface area contributed by atoms with Crippen LogP contribution in [0, 0.1) is 0 Å². The summed E-state index contributed by atoms with van der Waals surface area (Å²) in [6, 6.07) is 4.53. The lowest BCUT2D eigenvalue weighted by Gasteiger charge is -2.43. The third-order valence-electron chi connectivity index (χ3n) is 4.11. The summed E-state index contributed by atoms with van der Waals surface area (Å²) in [7, 11) is 2.03. The average Bonchev–Trinajstić information content (AvgIpc) is 2.47. The van der Waals surface area contributed by atoms with E-state index in [2.05, 4.69) is 40.4 Å². The molecule has 0 saturated carbocycles. The Morgan fingerprint density at radius 3 is 2.74 bits per heavy atom. The zero-order valence-corrected chi connectivity index (χ0v) is 12.3. The molecule has 4 heteroatoms. The molecule has 0 radical (unpaired) electrons. The predicted molar refractivity (Wildman–Crippen MR) is 79.2 cm³/mol. The van der Waals surface area contributed by atoms with E-state index in [1.54, 1.807) is 0 Å². The van der Waals surface area contributed by atoms with Crippen LogP contribution in [0.1, 0.15) is 31.9 Å². The van der Waals surface area contributed by atoms with Crippen LogP contribution in [-0.4, -0.2) is 48.6 Å². The molecule has 2 N–H and O–H groups in total. The Hall–Kier alpha value is -0.970. The highest BCUT2D eigenvalue weighted by Gasteiger charge is 2.30. The molecule has 19 heavy (non-hydrogen) atoms. The van der Waals surface area contributed by atoms with Gasteiger partial charge in [0.2, 0.25) is 0 Å². The molecule has 0 aromatic carbocycles. The lowest BCUT2D eigenvalue weighted by molar-refractivity contribution is 0.0861. The van der Waals surface area contributed by atoms with Crippen LogP contribution < -0.4 is 10.6 Å². The van der Waals surface area contributed by atoms with Crippen LogP contribution in [0.15, 0.2) is 24.5 Å². The van der Waals surface area contributed by atoms with Crippen molar-refractivity contribution in [1.29, 1.82) is 0 Å². The Balaban J connectivity index is 2.04. The number of pyridine rings is 1. The molecule has 2 heterocycles. The normalized spacial score (nSPS) is 19.3. The second-order valence-corrected chi connectivity index (χ2v) is 5.88. The van der Waals surface area contributed by atoms with E-state index < -0.39 is 0 Å². The molecule has 4 nitrogen and oxygen atoms in total. The number of piperazine rings is 1. The second kappa shape index (κ2) is 6.46. The molecule has 1 aromatic rings. The number of hydrogen-bond donors (Lipinski definition) is 2. The zero-order chi connectivity index (χ0) is 13.7. The molecule has 1 fully saturated rings. The van der Waals surface area contributed by atoms with Crippen LogP contribution in [-0.2, 0) is 0 Å². The second-order valence-electron chi connectivity index (χ2n) is 5.88. The minimum Gasteiger partial charge on any atom is -0.314 e. The summed E-state index contributed by atoms with van der Waals surface area (Å²) < 4.78 is 0. The predicted octanol–water partition coefficient (Wildman–Crippen LogP) is 1.42. The fraction of sp³-hybridized carbons (Fsp3) is 0.667. The van der Waals surface area contributed by atoms with Crippen LogP contribution in [0.2, 0.25) is 0 Å². The Kier molecular flexibility index (Phi) is 4.91. The van der Waals surface area contributed by atoms with Gasteiger partial charge in [-0.3, -0.25) is 9.88 Å². The minimum atomic E-state index is 0.200. The van der Waals surface area contributed by atoms with Crippen molar-refractivity contribution >= 4 is 0 Å². The number of rotatable bonds is 5. The van der Waals surface area contributed by atoms with E-state index in [-0.39, 0.29) is 5.54 Å². The number of nitrogens with one attached hydrogen (secondary N) is 2. The van der Waals surface area contributed by atoms with Gasteiger partial charge in [0.05, 0.1) is 0 Å². The maximum atomic E-state index is 4.23. The maximum Gasteiger partial charge on any atom is 0.0350 e. The molecule has 1 saturated heterocycles. The molecule has 1 aliphatic rings. The first-order valence-electron chi connectivity index (χ1n) is 7.16. The number of hydrogen-bond acceptors (Lipinski definition) is 4. The summed E-state index contributed by atoms with van der Waals surface area (Å²) >= 11 is 0. The van der Waals surface area contributed by atoms with Gasteiger partial charge in [-0.05, 0) is 38.9 Å². The van der Waals surface area contributed by atoms with Crippen LogP contribution in [0.25, 0.3) is 0 Å². The first-order valence-corrected chi connectivity index (χ1v) is 7.16. The van der Waals surface area contributed by atoms with E-state index in [1.807, 2.05) is 25.5 Å². The summed E-state index contributed by atoms with van der Waals surface area (Å²) in [5, 5.41) is 6.85. The van der Waals surface area contributed by atoms with Crippen molar-refractivity contribution in [2.75, 3.05) is 33.2 Å². The van der Waals surface area contributed by atoms with Gasteiger partial charge in [0.25, 0.3) is 0 Å². The SMILES string of the molecule is CNC(CC(C)(C)N1CCNCC1)c1cccnc1. The van der Waals surface area contributed by atoms with Gasteiger partial charge in [0.15, 0.2) is 0 Å². The standard InChI is InChI=1S/C15H26N4/c1-15(2,19-9-7-17-8-10-19)11-14(16-3)13-5-4-6-18-12-13/h4-6,12,14,16-17H,7-11H2,1-3H3. The van der Waals surface area contributed by atoms with Gasteiger partial charge in [-0.15, -0.1) is 0 Å².